The van der Waals surface area contributed by atoms with Crippen LogP contribution in [0, 0.1) is 11.6 Å². The molecule has 2 unspecified atom stereocenters. The van der Waals surface area contributed by atoms with Gasteiger partial charge in [-0.05, 0) is 24.6 Å². The van der Waals surface area contributed by atoms with Crippen LogP contribution in [0.2, 0.25) is 0 Å². The summed E-state index contributed by atoms with van der Waals surface area (Å²) in [5.41, 5.74) is 0.545. The van der Waals surface area contributed by atoms with Gasteiger partial charge in [0.1, 0.15) is 6.10 Å². The molecule has 7 heteroatoms. The van der Waals surface area contributed by atoms with Gasteiger partial charge in [0.15, 0.2) is 11.6 Å². The van der Waals surface area contributed by atoms with Crippen LogP contribution in [0.25, 0.3) is 0 Å². The number of hydrogen-bond donors (Lipinski definition) is 1. The molecule has 0 spiro atoms. The van der Waals surface area contributed by atoms with Gasteiger partial charge in [0.25, 0.3) is 5.91 Å². The number of halogens is 3. The molecule has 1 heterocycles. The zero-order valence-corrected chi connectivity index (χ0v) is 12.8. The van der Waals surface area contributed by atoms with E-state index in [4.69, 9.17) is 4.74 Å². The number of carbonyl (C=O) groups is 1. The first-order valence-corrected chi connectivity index (χ1v) is 6.54. The molecule has 118 valence electrons. The SMILES string of the molecule is CC(c1ccc(F)c(F)c1)N(C)C(=O)C1CNCCO1.Cl. The Morgan fingerprint density at radius 1 is 1.43 bits per heavy atom. The third kappa shape index (κ3) is 4.12. The van der Waals surface area contributed by atoms with E-state index in [9.17, 15) is 13.6 Å². The maximum absolute atomic E-state index is 13.2. The molecule has 1 amide bonds. The third-order valence-corrected chi connectivity index (χ3v) is 3.56. The number of amides is 1. The standard InChI is InChI=1S/C14H18F2N2O2.ClH/c1-9(10-3-4-11(15)12(16)7-10)18(2)14(19)13-8-17-5-6-20-13;/h3-4,7,9,13,17H,5-6,8H2,1-2H3;1H. The first kappa shape index (κ1) is 17.8. The number of benzene rings is 1. The Bertz CT molecular complexity index is 496. The van der Waals surface area contributed by atoms with Crippen molar-refractivity contribution in [1.29, 1.82) is 0 Å². The second-order valence-electron chi connectivity index (χ2n) is 4.86. The lowest BCUT2D eigenvalue weighted by Crippen LogP contribution is -2.48. The molecule has 0 saturated carbocycles. The first-order chi connectivity index (χ1) is 9.50. The van der Waals surface area contributed by atoms with Crippen molar-refractivity contribution in [3.63, 3.8) is 0 Å². The second kappa shape index (κ2) is 7.68. The number of morpholine rings is 1. The molecule has 1 fully saturated rings. The van der Waals surface area contributed by atoms with Crippen molar-refractivity contribution in [1.82, 2.24) is 10.2 Å². The Labute approximate surface area is 128 Å². The highest BCUT2D eigenvalue weighted by molar-refractivity contribution is 5.85. The molecule has 1 aromatic carbocycles. The fourth-order valence-electron chi connectivity index (χ4n) is 2.14. The average molecular weight is 321 g/mol. The summed E-state index contributed by atoms with van der Waals surface area (Å²) in [7, 11) is 1.63. The maximum Gasteiger partial charge on any atom is 0.253 e. The zero-order chi connectivity index (χ0) is 14.7. The summed E-state index contributed by atoms with van der Waals surface area (Å²) in [5.74, 6) is -1.98. The van der Waals surface area contributed by atoms with Crippen molar-refractivity contribution in [2.75, 3.05) is 26.7 Å². The number of hydrogen-bond acceptors (Lipinski definition) is 3. The van der Waals surface area contributed by atoms with E-state index in [0.29, 0.717) is 18.7 Å². The van der Waals surface area contributed by atoms with Crippen molar-refractivity contribution < 1.29 is 18.3 Å². The summed E-state index contributed by atoms with van der Waals surface area (Å²) in [6.07, 6.45) is -0.526. The van der Waals surface area contributed by atoms with Gasteiger partial charge < -0.3 is 15.0 Å². The molecule has 1 aromatic rings. The van der Waals surface area contributed by atoms with Gasteiger partial charge in [0, 0.05) is 20.1 Å². The van der Waals surface area contributed by atoms with Crippen molar-refractivity contribution in [3.8, 4) is 0 Å². The van der Waals surface area contributed by atoms with Gasteiger partial charge in [-0.1, -0.05) is 6.07 Å². The van der Waals surface area contributed by atoms with E-state index in [1.807, 2.05) is 0 Å². The molecule has 1 saturated heterocycles. The van der Waals surface area contributed by atoms with Crippen LogP contribution >= 0.6 is 12.4 Å². The van der Waals surface area contributed by atoms with Crippen LogP contribution in [0.15, 0.2) is 18.2 Å². The molecule has 2 atom stereocenters. The Balaban J connectivity index is 0.00000220. The Kier molecular flexibility index (Phi) is 6.51. The number of likely N-dealkylation sites (N-methyl/N-ethyl adjacent to an activating group) is 1. The summed E-state index contributed by atoms with van der Waals surface area (Å²) in [5, 5.41) is 3.08. The van der Waals surface area contributed by atoms with Crippen molar-refractivity contribution >= 4 is 18.3 Å². The van der Waals surface area contributed by atoms with Crippen LogP contribution in [0.3, 0.4) is 0 Å². The highest BCUT2D eigenvalue weighted by atomic mass is 35.5. The van der Waals surface area contributed by atoms with E-state index in [1.165, 1.54) is 11.0 Å². The normalized spacial score (nSPS) is 19.5. The van der Waals surface area contributed by atoms with Gasteiger partial charge in [-0.2, -0.15) is 0 Å². The van der Waals surface area contributed by atoms with Crippen LogP contribution in [-0.2, 0) is 9.53 Å². The molecule has 0 bridgehead atoms. The fraction of sp³-hybridized carbons (Fsp3) is 0.500. The van der Waals surface area contributed by atoms with Crippen LogP contribution < -0.4 is 5.32 Å². The highest BCUT2D eigenvalue weighted by Crippen LogP contribution is 2.22. The van der Waals surface area contributed by atoms with E-state index in [0.717, 1.165) is 18.7 Å². The van der Waals surface area contributed by atoms with E-state index in [-0.39, 0.29) is 24.4 Å². The smallest absolute Gasteiger partial charge is 0.253 e. The van der Waals surface area contributed by atoms with Gasteiger partial charge in [0.05, 0.1) is 12.6 Å². The number of ether oxygens (including phenoxy) is 1. The topological polar surface area (TPSA) is 41.6 Å². The van der Waals surface area contributed by atoms with Crippen LogP contribution in [0.1, 0.15) is 18.5 Å². The zero-order valence-electron chi connectivity index (χ0n) is 11.9. The van der Waals surface area contributed by atoms with Gasteiger partial charge in [-0.25, -0.2) is 8.78 Å². The largest absolute Gasteiger partial charge is 0.366 e. The first-order valence-electron chi connectivity index (χ1n) is 6.54. The number of nitrogens with zero attached hydrogens (tertiary/aromatic N) is 1. The van der Waals surface area contributed by atoms with E-state index in [2.05, 4.69) is 5.32 Å². The molecule has 1 N–H and O–H groups in total. The molecular formula is C14H19ClF2N2O2. The predicted molar refractivity (Wildman–Crippen MR) is 77.4 cm³/mol. The third-order valence-electron chi connectivity index (χ3n) is 3.56. The number of carbonyl (C=O) groups excluding carboxylic acids is 1. The lowest BCUT2D eigenvalue weighted by Gasteiger charge is -2.31. The second-order valence-corrected chi connectivity index (χ2v) is 4.86. The molecular weight excluding hydrogens is 302 g/mol. The van der Waals surface area contributed by atoms with Gasteiger partial charge in [0.2, 0.25) is 0 Å². The van der Waals surface area contributed by atoms with Crippen molar-refractivity contribution in [2.45, 2.75) is 19.1 Å². The average Bonchev–Trinajstić information content (AvgIpc) is 2.48. The molecule has 4 nitrogen and oxygen atoms in total. The quantitative estimate of drug-likeness (QED) is 0.925. The molecule has 0 radical (unpaired) electrons. The monoisotopic (exact) mass is 320 g/mol. The predicted octanol–water partition coefficient (Wildman–Crippen LogP) is 1.89. The molecule has 2 rings (SSSR count). The summed E-state index contributed by atoms with van der Waals surface area (Å²) in [4.78, 5) is 13.7. The highest BCUT2D eigenvalue weighted by Gasteiger charge is 2.28. The van der Waals surface area contributed by atoms with Crippen LogP contribution in [0.5, 0.6) is 0 Å². The summed E-state index contributed by atoms with van der Waals surface area (Å²) >= 11 is 0. The van der Waals surface area contributed by atoms with Crippen LogP contribution in [0.4, 0.5) is 8.78 Å². The fourth-order valence-corrected chi connectivity index (χ4v) is 2.14. The lowest BCUT2D eigenvalue weighted by atomic mass is 10.1. The van der Waals surface area contributed by atoms with E-state index < -0.39 is 17.7 Å². The summed E-state index contributed by atoms with van der Waals surface area (Å²) < 4.78 is 31.6. The molecule has 21 heavy (non-hydrogen) atoms. The van der Waals surface area contributed by atoms with Crippen LogP contribution in [-0.4, -0.2) is 43.7 Å². The minimum Gasteiger partial charge on any atom is -0.366 e. The van der Waals surface area contributed by atoms with Gasteiger partial charge in [-0.15, -0.1) is 12.4 Å². The van der Waals surface area contributed by atoms with Crippen molar-refractivity contribution in [2.24, 2.45) is 0 Å². The summed E-state index contributed by atoms with van der Waals surface area (Å²) in [6.45, 7) is 3.45. The number of rotatable bonds is 3. The van der Waals surface area contributed by atoms with Crippen molar-refractivity contribution in [3.05, 3.63) is 35.4 Å². The molecule has 1 aliphatic heterocycles. The Morgan fingerprint density at radius 3 is 2.71 bits per heavy atom. The van der Waals surface area contributed by atoms with Gasteiger partial charge in [-0.3, -0.25) is 4.79 Å². The van der Waals surface area contributed by atoms with Gasteiger partial charge >= 0.3 is 0 Å². The minimum absolute atomic E-state index is 0. The maximum atomic E-state index is 13.2. The Morgan fingerprint density at radius 2 is 2.14 bits per heavy atom. The molecule has 0 aromatic heterocycles. The lowest BCUT2D eigenvalue weighted by molar-refractivity contribution is -0.145. The van der Waals surface area contributed by atoms with E-state index >= 15 is 0 Å². The Hall–Kier alpha value is -1.24. The van der Waals surface area contributed by atoms with E-state index in [1.54, 1.807) is 14.0 Å². The number of nitrogens with one attached hydrogen (secondary N) is 1. The summed E-state index contributed by atoms with van der Waals surface area (Å²) in [6, 6.07) is 3.30. The molecule has 1 aliphatic rings. The molecule has 0 aliphatic carbocycles. The minimum atomic E-state index is -0.911.